The summed E-state index contributed by atoms with van der Waals surface area (Å²) in [6.45, 7) is -0.141. The van der Waals surface area contributed by atoms with Gasteiger partial charge in [0.2, 0.25) is 0 Å². The maximum atomic E-state index is 16.0. The van der Waals surface area contributed by atoms with Crippen LogP contribution in [0.25, 0.3) is 0 Å². The van der Waals surface area contributed by atoms with Crippen LogP contribution in [-0.2, 0) is 39.2 Å². The van der Waals surface area contributed by atoms with Crippen molar-refractivity contribution >= 4 is 12.3 Å². The number of fused-ring (bicyclic) bond motifs is 2. The number of likely N-dealkylation sites (N-methyl/N-ethyl adjacent to an activating group) is 1. The predicted octanol–water partition coefficient (Wildman–Crippen LogP) is 12.1. The molecule has 0 unspecified atom stereocenters. The number of aliphatic hydroxyl groups excluding tert-OH is 3. The van der Waals surface area contributed by atoms with Crippen LogP contribution in [0.2, 0.25) is 0 Å². The Bertz CT molecular complexity index is 3610. The third-order valence-electron chi connectivity index (χ3n) is 31.7. The maximum Gasteiger partial charge on any atom is 0.331 e. The number of aliphatic hydroxyl groups is 6. The van der Waals surface area contributed by atoms with Crippen molar-refractivity contribution in [3.63, 3.8) is 0 Å². The minimum Gasteiger partial charge on any atom is -0.454 e. The Morgan fingerprint density at radius 3 is 2.33 bits per heavy atom. The molecule has 1 heterocycles. The van der Waals surface area contributed by atoms with E-state index in [4.69, 9.17) is 4.74 Å². The first-order chi connectivity index (χ1) is 44.6. The molecule has 3 aromatic rings. The third kappa shape index (κ3) is 7.94. The molecule has 18 aliphatic rings. The number of carbonyl (C=O) groups excluding carboxylic acids is 2. The number of hydrogen-bond acceptors (Lipinski definition) is 10. The van der Waals surface area contributed by atoms with E-state index in [1.165, 1.54) is 54.4 Å². The summed E-state index contributed by atoms with van der Waals surface area (Å²) < 4.78 is 6.63. The molecule has 92 heavy (non-hydrogen) atoms. The number of carbonyl (C=O) groups is 2. The summed E-state index contributed by atoms with van der Waals surface area (Å²) >= 11 is 0. The van der Waals surface area contributed by atoms with Gasteiger partial charge in [-0.1, -0.05) is 130 Å². The van der Waals surface area contributed by atoms with Gasteiger partial charge in [-0.2, -0.15) is 0 Å². The highest BCUT2D eigenvalue weighted by molar-refractivity contribution is 5.86. The zero-order valence-corrected chi connectivity index (χ0v) is 54.5. The second kappa shape index (κ2) is 21.3. The summed E-state index contributed by atoms with van der Waals surface area (Å²) in [4.78, 5) is 30.4. The van der Waals surface area contributed by atoms with Crippen LogP contribution in [0.1, 0.15) is 212 Å². The van der Waals surface area contributed by atoms with Crippen LogP contribution in [0.5, 0.6) is 0 Å². The second-order valence-corrected chi connectivity index (χ2v) is 34.5. The first kappa shape index (κ1) is 60.0. The molecule has 24 atom stereocenters. The standard InChI is InChI=1S/C82H101NO9/c1-83-68-40-61-51(14-8-17-56(61)44-84)24-30-75-29-23-49(42-75)33-48-11-7-18-58(34-48)76(27-5-2-6-28-76)59-19-9-15-52(36-59)53-21-22-65-55(35-53)25-31-77(65)46-79(47-85)69-26-32-78(45-75)71-57(37-63(68)72-64(71)41-70(86)92-72)43-80(78,89)82(69,91)74(88)67-39-62-54(38-66(73(77)87)81(67,79)90)16-10-20-60(62)50-12-3-4-13-50/h7-11,14-19,34,36,41,47,49-50,53-55,57,60,62-63,65-69,71-74,83-84,87-91H,2-6,12-13,20-23,25-29,31-33,35,37-40,42-46H2,1H3/t49-,53+,54+,55-,57-,60-,62+,63-,65-,66-,67+,68-,69+,71+,72-,73+,74-,75-,77-,78-,79-,80+,81+,82+/m0/s1. The number of aldehydes is 1. The minimum absolute atomic E-state index is 0.0105. The Morgan fingerprint density at radius 2 is 1.51 bits per heavy atom. The van der Waals surface area contributed by atoms with E-state index in [9.17, 15) is 20.1 Å². The Hall–Kier alpha value is -4.44. The number of allylic oxidation sites excluding steroid dienone is 2. The molecule has 4 spiro atoms. The molecule has 0 radical (unpaired) electrons. The van der Waals surface area contributed by atoms with Crippen LogP contribution >= 0.6 is 0 Å². The van der Waals surface area contributed by atoms with E-state index in [2.05, 4.69) is 83.9 Å². The number of benzene rings is 3. The fraction of sp³-hybridized carbons (Fsp3) is 0.683. The molecule has 10 nitrogen and oxygen atoms in total. The van der Waals surface area contributed by atoms with Gasteiger partial charge in [-0.05, 0) is 246 Å². The molecule has 17 bridgehead atoms. The van der Waals surface area contributed by atoms with Gasteiger partial charge in [-0.25, -0.2) is 4.79 Å². The fourth-order valence-electron chi connectivity index (χ4n) is 28.3. The van der Waals surface area contributed by atoms with Gasteiger partial charge in [0.05, 0.1) is 29.8 Å². The molecule has 0 aromatic heterocycles. The van der Waals surface area contributed by atoms with E-state index in [0.29, 0.717) is 62.2 Å². The lowest BCUT2D eigenvalue weighted by atomic mass is 9.32. The van der Waals surface area contributed by atoms with Crippen LogP contribution in [0.15, 0.2) is 90.5 Å². The molecule has 3 aromatic carbocycles. The van der Waals surface area contributed by atoms with Crippen molar-refractivity contribution in [2.45, 2.75) is 239 Å². The molecule has 0 amide bonds. The molecular weight excluding hydrogens is 1140 g/mol. The summed E-state index contributed by atoms with van der Waals surface area (Å²) in [6, 6.07) is 25.2. The van der Waals surface area contributed by atoms with Gasteiger partial charge in [0.1, 0.15) is 23.6 Å². The van der Waals surface area contributed by atoms with Crippen molar-refractivity contribution in [3.8, 4) is 11.8 Å². The van der Waals surface area contributed by atoms with Gasteiger partial charge in [0, 0.05) is 63.0 Å². The van der Waals surface area contributed by atoms with E-state index in [1.54, 1.807) is 6.08 Å². The molecule has 488 valence electrons. The van der Waals surface area contributed by atoms with Crippen LogP contribution in [0.4, 0.5) is 0 Å². The molecule has 1 aliphatic heterocycles. The van der Waals surface area contributed by atoms with Crippen molar-refractivity contribution in [3.05, 3.63) is 129 Å². The van der Waals surface area contributed by atoms with Gasteiger partial charge < -0.3 is 45.5 Å². The number of nitrogens with one attached hydrogen (secondary N) is 1. The summed E-state index contributed by atoms with van der Waals surface area (Å²) in [6.07, 6.45) is 27.1. The Kier molecular flexibility index (Phi) is 13.9. The number of esters is 1. The predicted molar refractivity (Wildman–Crippen MR) is 351 cm³/mol. The van der Waals surface area contributed by atoms with Crippen LogP contribution in [0.3, 0.4) is 0 Å². The largest absolute Gasteiger partial charge is 0.454 e. The highest BCUT2D eigenvalue weighted by Crippen LogP contribution is 2.81. The molecule has 7 N–H and O–H groups in total. The Balaban J connectivity index is 0.878. The third-order valence-corrected chi connectivity index (χ3v) is 31.7. The van der Waals surface area contributed by atoms with Gasteiger partial charge in [0.25, 0.3) is 0 Å². The average molecular weight is 1240 g/mol. The van der Waals surface area contributed by atoms with Gasteiger partial charge >= 0.3 is 5.97 Å². The molecule has 17 aliphatic carbocycles. The summed E-state index contributed by atoms with van der Waals surface area (Å²) in [5.41, 5.74) is -1.38. The minimum atomic E-state index is -2.29. The van der Waals surface area contributed by atoms with Crippen molar-refractivity contribution in [1.29, 1.82) is 0 Å². The highest BCUT2D eigenvalue weighted by atomic mass is 16.5. The van der Waals surface area contributed by atoms with Gasteiger partial charge in [-0.3, -0.25) is 0 Å². The smallest absolute Gasteiger partial charge is 0.331 e. The topological polar surface area (TPSA) is 177 Å². The van der Waals surface area contributed by atoms with E-state index >= 15 is 20.1 Å². The van der Waals surface area contributed by atoms with Crippen LogP contribution in [-0.4, -0.2) is 91.1 Å². The Labute approximate surface area is 545 Å². The van der Waals surface area contributed by atoms with E-state index in [1.807, 2.05) is 19.2 Å². The number of rotatable bonds is 4. The Morgan fingerprint density at radius 1 is 0.707 bits per heavy atom. The molecule has 11 saturated carbocycles. The first-order valence-electron chi connectivity index (χ1n) is 37.3. The average Bonchev–Trinajstić information content (AvgIpc) is 0.939. The maximum absolute atomic E-state index is 16.0. The fourth-order valence-corrected chi connectivity index (χ4v) is 28.3. The molecule has 21 rings (SSSR count). The van der Waals surface area contributed by atoms with E-state index in [-0.39, 0.29) is 72.8 Å². The van der Waals surface area contributed by atoms with Crippen molar-refractivity contribution in [1.82, 2.24) is 5.32 Å². The molecular formula is C82H101NO9. The zero-order chi connectivity index (χ0) is 62.5. The lowest BCUT2D eigenvalue weighted by Crippen LogP contribution is -2.86. The zero-order valence-electron chi connectivity index (χ0n) is 54.5. The second-order valence-electron chi connectivity index (χ2n) is 34.5. The molecule has 0 saturated heterocycles. The van der Waals surface area contributed by atoms with Crippen molar-refractivity contribution < 1.29 is 45.0 Å². The van der Waals surface area contributed by atoms with Crippen molar-refractivity contribution in [2.75, 3.05) is 7.05 Å². The van der Waals surface area contributed by atoms with Crippen molar-refractivity contribution in [2.24, 2.45) is 98.6 Å². The normalized spacial score (nSPS) is 48.1. The molecule has 10 heteroatoms. The summed E-state index contributed by atoms with van der Waals surface area (Å²) in [5.74, 6) is 5.69. The first-order valence-corrected chi connectivity index (χ1v) is 37.3. The SMILES string of the molecule is CN[C@H]1Cc2c(cccc2CO)C#C[C@]23CC[C@@H](Cc4cccc(c4)C4(CCCCC4)c4cccc(c4)[C@@H]4CC[C@H]5[C@@H](CC[C@]56C[C@]5(C=O)[C@H]7CC[C@]8(C2)[C@H]2C9=CC(=O)O[C@H]9[C@H]1C[C@H]2C[C@]8(O)[C@]7(O)[C@@H](O)[C@H]1C[C@@H]2[C@H](C=CC[C@H]2C2CCCC2)C[C@@H]([C@H]6O)[C@@]15O)C4)C3. The summed E-state index contributed by atoms with van der Waals surface area (Å²) in [7, 11) is 1.97. The monoisotopic (exact) mass is 1240 g/mol. The summed E-state index contributed by atoms with van der Waals surface area (Å²) in [5, 5.41) is 90.0. The van der Waals surface area contributed by atoms with Gasteiger partial charge in [0.15, 0.2) is 0 Å². The van der Waals surface area contributed by atoms with Crippen LogP contribution in [0, 0.1) is 110 Å². The van der Waals surface area contributed by atoms with Gasteiger partial charge in [-0.15, -0.1) is 0 Å². The lowest BCUT2D eigenvalue weighted by Gasteiger charge is -2.75. The number of ether oxygens (including phenoxy) is 1. The van der Waals surface area contributed by atoms with E-state index < -0.39 is 86.4 Å². The van der Waals surface area contributed by atoms with Crippen LogP contribution < -0.4 is 5.32 Å². The number of hydrogen-bond donors (Lipinski definition) is 7. The van der Waals surface area contributed by atoms with E-state index in [0.717, 1.165) is 118 Å². The highest BCUT2D eigenvalue weighted by Gasteiger charge is 2.88. The lowest BCUT2D eigenvalue weighted by molar-refractivity contribution is -0.386. The molecule has 11 fully saturated rings. The quantitative estimate of drug-likeness (QED) is 0.0576.